The van der Waals surface area contributed by atoms with Gasteiger partial charge < -0.3 is 15.3 Å². The zero-order chi connectivity index (χ0) is 16.2. The molecular formula is C18H22N2O2S. The monoisotopic (exact) mass is 330 g/mol. The second-order valence-electron chi connectivity index (χ2n) is 6.06. The van der Waals surface area contributed by atoms with Gasteiger partial charge in [-0.15, -0.1) is 11.3 Å². The van der Waals surface area contributed by atoms with E-state index in [-0.39, 0.29) is 12.6 Å². The molecule has 0 unspecified atom stereocenters. The van der Waals surface area contributed by atoms with E-state index in [9.17, 15) is 9.90 Å². The van der Waals surface area contributed by atoms with E-state index in [0.717, 1.165) is 24.1 Å². The van der Waals surface area contributed by atoms with Crippen molar-refractivity contribution < 1.29 is 9.90 Å². The molecule has 122 valence electrons. The first-order chi connectivity index (χ1) is 11.2. The highest BCUT2D eigenvalue weighted by Crippen LogP contribution is 2.30. The summed E-state index contributed by atoms with van der Waals surface area (Å²) >= 11 is 1.71. The number of rotatable bonds is 3. The van der Waals surface area contributed by atoms with Crippen molar-refractivity contribution in [3.63, 3.8) is 0 Å². The lowest BCUT2D eigenvalue weighted by atomic mass is 9.98. The normalized spacial score (nSPS) is 15.7. The summed E-state index contributed by atoms with van der Waals surface area (Å²) in [5, 5.41) is 14.3. The molecule has 0 aliphatic carbocycles. The van der Waals surface area contributed by atoms with Gasteiger partial charge in [0.05, 0.1) is 0 Å². The van der Waals surface area contributed by atoms with E-state index in [1.54, 1.807) is 11.3 Å². The lowest BCUT2D eigenvalue weighted by molar-refractivity contribution is 0.143. The zero-order valence-electron chi connectivity index (χ0n) is 13.3. The van der Waals surface area contributed by atoms with Crippen molar-refractivity contribution >= 4 is 23.1 Å². The molecule has 1 aliphatic heterocycles. The van der Waals surface area contributed by atoms with E-state index < -0.39 is 0 Å². The number of piperidine rings is 1. The number of aryl methyl sites for hydroxylation is 1. The predicted molar refractivity (Wildman–Crippen MR) is 94.9 cm³/mol. The van der Waals surface area contributed by atoms with Gasteiger partial charge in [0.1, 0.15) is 0 Å². The molecule has 0 atom stereocenters. The largest absolute Gasteiger partial charge is 0.396 e. The van der Waals surface area contributed by atoms with Crippen molar-refractivity contribution in [2.45, 2.75) is 19.8 Å². The molecule has 1 fully saturated rings. The minimum atomic E-state index is -0.0542. The first kappa shape index (κ1) is 16.0. The maximum absolute atomic E-state index is 12.4. The van der Waals surface area contributed by atoms with Gasteiger partial charge in [-0.05, 0) is 60.4 Å². The molecule has 2 heterocycles. The molecule has 0 radical (unpaired) electrons. The summed E-state index contributed by atoms with van der Waals surface area (Å²) in [4.78, 5) is 15.5. The van der Waals surface area contributed by atoms with Gasteiger partial charge in [-0.2, -0.15) is 0 Å². The number of nitrogens with one attached hydrogen (secondary N) is 1. The number of carbonyl (C=O) groups is 1. The van der Waals surface area contributed by atoms with Crippen molar-refractivity contribution in [2.24, 2.45) is 5.92 Å². The number of anilines is 1. The number of nitrogens with zero attached hydrogens (tertiary/aromatic N) is 1. The molecular weight excluding hydrogens is 308 g/mol. The van der Waals surface area contributed by atoms with Crippen LogP contribution < -0.4 is 5.32 Å². The molecule has 2 amide bonds. The summed E-state index contributed by atoms with van der Waals surface area (Å²) in [5.41, 5.74) is 3.21. The van der Waals surface area contributed by atoms with Crippen LogP contribution in [0.3, 0.4) is 0 Å². The highest BCUT2D eigenvalue weighted by Gasteiger charge is 2.22. The van der Waals surface area contributed by atoms with E-state index in [0.29, 0.717) is 19.0 Å². The van der Waals surface area contributed by atoms with E-state index in [4.69, 9.17) is 0 Å². The molecule has 2 aromatic rings. The topological polar surface area (TPSA) is 52.6 Å². The summed E-state index contributed by atoms with van der Waals surface area (Å²) in [6.07, 6.45) is 1.75. The van der Waals surface area contributed by atoms with Crippen LogP contribution in [0.2, 0.25) is 0 Å². The number of carbonyl (C=O) groups excluding carboxylic acids is 1. The fourth-order valence-corrected chi connectivity index (χ4v) is 3.85. The Morgan fingerprint density at radius 2 is 2.13 bits per heavy atom. The molecule has 0 saturated carbocycles. The first-order valence-corrected chi connectivity index (χ1v) is 8.86. The van der Waals surface area contributed by atoms with Crippen molar-refractivity contribution in [3.8, 4) is 10.4 Å². The Balaban J connectivity index is 1.66. The first-order valence-electron chi connectivity index (χ1n) is 7.98. The second kappa shape index (κ2) is 7.15. The Bertz CT molecular complexity index is 675. The number of thiophene rings is 1. The van der Waals surface area contributed by atoms with E-state index >= 15 is 0 Å². The standard InChI is InChI=1S/C18H22N2O2S/c1-13-7-10-23-17(13)15-3-2-4-16(11-15)19-18(22)20-8-5-14(12-21)6-9-20/h2-4,7,10-11,14,21H,5-6,8-9,12H2,1H3,(H,19,22). The molecule has 0 spiro atoms. The smallest absolute Gasteiger partial charge is 0.321 e. The van der Waals surface area contributed by atoms with Gasteiger partial charge in [-0.1, -0.05) is 12.1 Å². The SMILES string of the molecule is Cc1ccsc1-c1cccc(NC(=O)N2CCC(CO)CC2)c1. The second-order valence-corrected chi connectivity index (χ2v) is 6.97. The van der Waals surface area contributed by atoms with Crippen LogP contribution in [0, 0.1) is 12.8 Å². The van der Waals surface area contributed by atoms with Crippen LogP contribution in [-0.2, 0) is 0 Å². The fraction of sp³-hybridized carbons (Fsp3) is 0.389. The number of hydrogen-bond acceptors (Lipinski definition) is 3. The predicted octanol–water partition coefficient (Wildman–Crippen LogP) is 3.96. The molecule has 3 rings (SSSR count). The molecule has 2 N–H and O–H groups in total. The zero-order valence-corrected chi connectivity index (χ0v) is 14.1. The van der Waals surface area contributed by atoms with Gasteiger partial charge in [0.25, 0.3) is 0 Å². The number of benzene rings is 1. The average Bonchev–Trinajstić information content (AvgIpc) is 3.01. The summed E-state index contributed by atoms with van der Waals surface area (Å²) in [5.74, 6) is 0.337. The Morgan fingerprint density at radius 3 is 2.78 bits per heavy atom. The summed E-state index contributed by atoms with van der Waals surface area (Å²) in [6.45, 7) is 3.74. The minimum absolute atomic E-state index is 0.0542. The van der Waals surface area contributed by atoms with E-state index in [2.05, 4.69) is 29.8 Å². The van der Waals surface area contributed by atoms with E-state index in [1.165, 1.54) is 10.4 Å². The Kier molecular flexibility index (Phi) is 4.98. The summed E-state index contributed by atoms with van der Waals surface area (Å²) in [6, 6.07) is 10.0. The minimum Gasteiger partial charge on any atom is -0.396 e. The third-order valence-electron chi connectivity index (χ3n) is 4.40. The summed E-state index contributed by atoms with van der Waals surface area (Å²) in [7, 11) is 0. The summed E-state index contributed by atoms with van der Waals surface area (Å²) < 4.78 is 0. The quantitative estimate of drug-likeness (QED) is 0.895. The van der Waals surface area contributed by atoms with Crippen LogP contribution in [0.5, 0.6) is 0 Å². The maximum Gasteiger partial charge on any atom is 0.321 e. The van der Waals surface area contributed by atoms with Crippen molar-refractivity contribution in [1.29, 1.82) is 0 Å². The number of aliphatic hydroxyl groups excluding tert-OH is 1. The Hall–Kier alpha value is -1.85. The average molecular weight is 330 g/mol. The van der Waals surface area contributed by atoms with E-state index in [1.807, 2.05) is 23.1 Å². The fourth-order valence-electron chi connectivity index (χ4n) is 2.93. The number of likely N-dealkylation sites (tertiary alicyclic amines) is 1. The highest BCUT2D eigenvalue weighted by molar-refractivity contribution is 7.13. The van der Waals surface area contributed by atoms with Crippen LogP contribution in [-0.4, -0.2) is 35.7 Å². The van der Waals surface area contributed by atoms with Gasteiger partial charge in [0.15, 0.2) is 0 Å². The van der Waals surface area contributed by atoms with Gasteiger partial charge in [-0.25, -0.2) is 4.79 Å². The van der Waals surface area contributed by atoms with Crippen LogP contribution >= 0.6 is 11.3 Å². The van der Waals surface area contributed by atoms with Gasteiger partial charge >= 0.3 is 6.03 Å². The lowest BCUT2D eigenvalue weighted by Gasteiger charge is -2.31. The highest BCUT2D eigenvalue weighted by atomic mass is 32.1. The molecule has 1 aromatic heterocycles. The lowest BCUT2D eigenvalue weighted by Crippen LogP contribution is -2.41. The van der Waals surface area contributed by atoms with Gasteiger partial charge in [-0.3, -0.25) is 0 Å². The third-order valence-corrected chi connectivity index (χ3v) is 5.46. The number of hydrogen-bond donors (Lipinski definition) is 2. The number of aliphatic hydroxyl groups is 1. The van der Waals surface area contributed by atoms with Gasteiger partial charge in [0.2, 0.25) is 0 Å². The van der Waals surface area contributed by atoms with Crippen LogP contribution in [0.4, 0.5) is 10.5 Å². The molecule has 4 nitrogen and oxygen atoms in total. The molecule has 1 saturated heterocycles. The van der Waals surface area contributed by atoms with Gasteiger partial charge in [0, 0.05) is 30.3 Å². The Morgan fingerprint density at radius 1 is 1.35 bits per heavy atom. The van der Waals surface area contributed by atoms with Crippen molar-refractivity contribution in [3.05, 3.63) is 41.3 Å². The molecule has 5 heteroatoms. The van der Waals surface area contributed by atoms with Crippen LogP contribution in [0.1, 0.15) is 18.4 Å². The third kappa shape index (κ3) is 3.74. The molecule has 23 heavy (non-hydrogen) atoms. The maximum atomic E-state index is 12.4. The van der Waals surface area contributed by atoms with Crippen molar-refractivity contribution in [1.82, 2.24) is 4.90 Å². The van der Waals surface area contributed by atoms with Crippen LogP contribution in [0.15, 0.2) is 35.7 Å². The molecule has 1 aliphatic rings. The number of urea groups is 1. The number of amides is 2. The molecule has 1 aromatic carbocycles. The van der Waals surface area contributed by atoms with Crippen LogP contribution in [0.25, 0.3) is 10.4 Å². The molecule has 0 bridgehead atoms. The van der Waals surface area contributed by atoms with Crippen molar-refractivity contribution in [2.75, 3.05) is 25.0 Å². The Labute approximate surface area is 140 Å².